The van der Waals surface area contributed by atoms with Gasteiger partial charge in [-0.25, -0.2) is 0 Å². The van der Waals surface area contributed by atoms with Crippen molar-refractivity contribution in [2.75, 3.05) is 13.2 Å². The number of hydrogen-bond donors (Lipinski definition) is 2. The van der Waals surface area contributed by atoms with Crippen molar-refractivity contribution >= 4 is 5.91 Å². The van der Waals surface area contributed by atoms with E-state index < -0.39 is 0 Å². The molecule has 2 atom stereocenters. The second-order valence-electron chi connectivity index (χ2n) is 7.39. The lowest BCUT2D eigenvalue weighted by molar-refractivity contribution is -0.156. The lowest BCUT2D eigenvalue weighted by Gasteiger charge is -2.55. The second kappa shape index (κ2) is 6.44. The van der Waals surface area contributed by atoms with Crippen LogP contribution in [0.2, 0.25) is 0 Å². The van der Waals surface area contributed by atoms with Crippen molar-refractivity contribution in [3.8, 4) is 0 Å². The van der Waals surface area contributed by atoms with Crippen molar-refractivity contribution in [2.24, 2.45) is 5.41 Å². The summed E-state index contributed by atoms with van der Waals surface area (Å²) in [7, 11) is 0. The SMILES string of the molecule is O=C(CCCc1nc(C2CC2)no1)N[C@@H]1C[C@@H](O)C12CCOCC2. The number of nitrogens with one attached hydrogen (secondary N) is 1. The zero-order chi connectivity index (χ0) is 16.6. The molecule has 0 unspecified atom stereocenters. The zero-order valence-corrected chi connectivity index (χ0v) is 13.9. The minimum atomic E-state index is -0.314. The Morgan fingerprint density at radius 1 is 1.33 bits per heavy atom. The number of aryl methyl sites for hydroxylation is 1. The molecule has 2 heterocycles. The molecule has 1 aromatic rings. The molecule has 24 heavy (non-hydrogen) atoms. The first-order valence-electron chi connectivity index (χ1n) is 9.05. The molecule has 3 fully saturated rings. The van der Waals surface area contributed by atoms with Gasteiger partial charge < -0.3 is 19.7 Å². The molecule has 1 saturated heterocycles. The second-order valence-corrected chi connectivity index (χ2v) is 7.39. The van der Waals surface area contributed by atoms with Crippen molar-refractivity contribution in [2.45, 2.75) is 69.4 Å². The standard InChI is InChI=1S/C17H25N3O4/c21-13-10-12(17(13)6-8-23-9-7-17)18-14(22)2-1-3-15-19-16(20-24-15)11-4-5-11/h11-13,21H,1-10H2,(H,18,22)/t12-,13-/m1/s1. The maximum Gasteiger partial charge on any atom is 0.226 e. The smallest absolute Gasteiger partial charge is 0.226 e. The Bertz CT molecular complexity index is 592. The van der Waals surface area contributed by atoms with Gasteiger partial charge in [0.15, 0.2) is 5.82 Å². The predicted octanol–water partition coefficient (Wildman–Crippen LogP) is 1.32. The first-order chi connectivity index (χ1) is 11.7. The molecule has 2 saturated carbocycles. The summed E-state index contributed by atoms with van der Waals surface area (Å²) in [5.41, 5.74) is -0.167. The monoisotopic (exact) mass is 335 g/mol. The van der Waals surface area contributed by atoms with Crippen LogP contribution in [-0.4, -0.2) is 46.5 Å². The van der Waals surface area contributed by atoms with Gasteiger partial charge in [-0.1, -0.05) is 5.16 Å². The Hall–Kier alpha value is -1.47. The lowest BCUT2D eigenvalue weighted by Crippen LogP contribution is -2.65. The van der Waals surface area contributed by atoms with Gasteiger partial charge in [-0.2, -0.15) is 4.98 Å². The molecule has 1 amide bonds. The van der Waals surface area contributed by atoms with E-state index in [0.717, 1.165) is 31.5 Å². The Morgan fingerprint density at radius 2 is 2.12 bits per heavy atom. The molecule has 1 aromatic heterocycles. The van der Waals surface area contributed by atoms with E-state index >= 15 is 0 Å². The number of carbonyl (C=O) groups excluding carboxylic acids is 1. The highest BCUT2D eigenvalue weighted by molar-refractivity contribution is 5.76. The number of aliphatic hydroxyl groups is 1. The lowest BCUT2D eigenvalue weighted by atomic mass is 9.58. The largest absolute Gasteiger partial charge is 0.392 e. The fourth-order valence-corrected chi connectivity index (χ4v) is 3.94. The van der Waals surface area contributed by atoms with E-state index in [-0.39, 0.29) is 23.5 Å². The molecular formula is C17H25N3O4. The third-order valence-corrected chi connectivity index (χ3v) is 5.80. The fraction of sp³-hybridized carbons (Fsp3) is 0.824. The number of amides is 1. The molecule has 132 valence electrons. The van der Waals surface area contributed by atoms with E-state index in [9.17, 15) is 9.90 Å². The van der Waals surface area contributed by atoms with Gasteiger partial charge in [-0.3, -0.25) is 4.79 Å². The molecule has 2 N–H and O–H groups in total. The van der Waals surface area contributed by atoms with E-state index in [1.807, 2.05) is 0 Å². The summed E-state index contributed by atoms with van der Waals surface area (Å²) in [6.07, 6.45) is 6.08. The Kier molecular flexibility index (Phi) is 4.30. The maximum atomic E-state index is 12.2. The number of nitrogens with zero attached hydrogens (tertiary/aromatic N) is 2. The average molecular weight is 335 g/mol. The summed E-state index contributed by atoms with van der Waals surface area (Å²) in [6.45, 7) is 1.34. The van der Waals surface area contributed by atoms with Crippen LogP contribution in [0.1, 0.15) is 62.6 Å². The summed E-state index contributed by atoms with van der Waals surface area (Å²) in [5, 5.41) is 17.2. The zero-order valence-electron chi connectivity index (χ0n) is 13.9. The Morgan fingerprint density at radius 3 is 2.83 bits per heavy atom. The number of aromatic nitrogens is 2. The van der Waals surface area contributed by atoms with Gasteiger partial charge >= 0.3 is 0 Å². The van der Waals surface area contributed by atoms with E-state index in [4.69, 9.17) is 9.26 Å². The van der Waals surface area contributed by atoms with Crippen LogP contribution in [0.25, 0.3) is 0 Å². The molecule has 0 aromatic carbocycles. The highest BCUT2D eigenvalue weighted by Gasteiger charge is 2.55. The van der Waals surface area contributed by atoms with Crippen LogP contribution in [0, 0.1) is 5.41 Å². The number of hydrogen-bond acceptors (Lipinski definition) is 6. The highest BCUT2D eigenvalue weighted by atomic mass is 16.5. The molecule has 7 heteroatoms. The Labute approximate surface area is 141 Å². The number of rotatable bonds is 6. The van der Waals surface area contributed by atoms with E-state index in [1.54, 1.807) is 0 Å². The van der Waals surface area contributed by atoms with E-state index in [1.165, 1.54) is 0 Å². The summed E-state index contributed by atoms with van der Waals surface area (Å²) in [5.74, 6) is 1.98. The summed E-state index contributed by atoms with van der Waals surface area (Å²) >= 11 is 0. The Balaban J connectivity index is 1.21. The predicted molar refractivity (Wildman–Crippen MR) is 84.3 cm³/mol. The van der Waals surface area contributed by atoms with Crippen LogP contribution < -0.4 is 5.32 Å². The van der Waals surface area contributed by atoms with Gasteiger partial charge in [0.1, 0.15) is 0 Å². The van der Waals surface area contributed by atoms with Crippen molar-refractivity contribution < 1.29 is 19.2 Å². The number of ether oxygens (including phenoxy) is 1. The van der Waals surface area contributed by atoms with Gasteiger partial charge in [0.05, 0.1) is 6.10 Å². The van der Waals surface area contributed by atoms with Crippen LogP contribution in [0.3, 0.4) is 0 Å². The molecule has 2 aliphatic carbocycles. The maximum absolute atomic E-state index is 12.2. The number of aliphatic hydroxyl groups excluding tert-OH is 1. The highest BCUT2D eigenvalue weighted by Crippen LogP contribution is 2.49. The van der Waals surface area contributed by atoms with Gasteiger partial charge in [0.25, 0.3) is 0 Å². The van der Waals surface area contributed by atoms with E-state index in [2.05, 4.69) is 15.5 Å². The van der Waals surface area contributed by atoms with Crippen molar-refractivity contribution in [1.29, 1.82) is 0 Å². The molecule has 1 spiro atoms. The third kappa shape index (κ3) is 3.07. The minimum Gasteiger partial charge on any atom is -0.392 e. The van der Waals surface area contributed by atoms with Crippen molar-refractivity contribution in [1.82, 2.24) is 15.5 Å². The van der Waals surface area contributed by atoms with Crippen molar-refractivity contribution in [3.63, 3.8) is 0 Å². The van der Waals surface area contributed by atoms with Crippen LogP contribution in [-0.2, 0) is 16.0 Å². The van der Waals surface area contributed by atoms with Gasteiger partial charge in [-0.15, -0.1) is 0 Å². The number of carbonyl (C=O) groups is 1. The summed E-state index contributed by atoms with van der Waals surface area (Å²) in [6, 6.07) is 0.0776. The molecule has 0 radical (unpaired) electrons. The summed E-state index contributed by atoms with van der Waals surface area (Å²) < 4.78 is 10.6. The van der Waals surface area contributed by atoms with Crippen LogP contribution in [0.5, 0.6) is 0 Å². The fourth-order valence-electron chi connectivity index (χ4n) is 3.94. The normalized spacial score (nSPS) is 28.5. The van der Waals surface area contributed by atoms with Crippen LogP contribution in [0.15, 0.2) is 4.52 Å². The van der Waals surface area contributed by atoms with Crippen LogP contribution in [0.4, 0.5) is 0 Å². The van der Waals surface area contributed by atoms with Gasteiger partial charge in [0.2, 0.25) is 11.8 Å². The molecular weight excluding hydrogens is 310 g/mol. The van der Waals surface area contributed by atoms with Gasteiger partial charge in [-0.05, 0) is 38.5 Å². The molecule has 3 aliphatic rings. The minimum absolute atomic E-state index is 0.0414. The summed E-state index contributed by atoms with van der Waals surface area (Å²) in [4.78, 5) is 16.6. The van der Waals surface area contributed by atoms with Gasteiger partial charge in [0, 0.05) is 43.4 Å². The van der Waals surface area contributed by atoms with Crippen LogP contribution >= 0.6 is 0 Å². The molecule has 4 rings (SSSR count). The topological polar surface area (TPSA) is 97.5 Å². The van der Waals surface area contributed by atoms with Crippen molar-refractivity contribution in [3.05, 3.63) is 11.7 Å². The first-order valence-corrected chi connectivity index (χ1v) is 9.05. The first kappa shape index (κ1) is 16.0. The van der Waals surface area contributed by atoms with E-state index in [0.29, 0.717) is 50.7 Å². The molecule has 0 bridgehead atoms. The average Bonchev–Trinajstić information content (AvgIpc) is 3.35. The molecule has 1 aliphatic heterocycles. The quantitative estimate of drug-likeness (QED) is 0.813. The molecule has 7 nitrogen and oxygen atoms in total. The third-order valence-electron chi connectivity index (χ3n) is 5.80.